The van der Waals surface area contributed by atoms with E-state index in [1.165, 1.54) is 0 Å². The van der Waals surface area contributed by atoms with Crippen LogP contribution in [0, 0.1) is 0 Å². The molecule has 0 amide bonds. The van der Waals surface area contributed by atoms with Crippen LogP contribution in [-0.4, -0.2) is 29.1 Å². The van der Waals surface area contributed by atoms with Crippen molar-refractivity contribution >= 4 is 33.9 Å². The topological polar surface area (TPSA) is 57.3 Å². The minimum absolute atomic E-state index is 0.731. The maximum atomic E-state index is 6.84. The van der Waals surface area contributed by atoms with E-state index in [-0.39, 0.29) is 0 Å². The number of hydrogen-bond acceptors (Lipinski definition) is 5. The number of nitrogens with zero attached hydrogens (tertiary/aromatic N) is 5. The second kappa shape index (κ2) is 12.1. The van der Waals surface area contributed by atoms with Gasteiger partial charge in [0.05, 0.1) is 45.4 Å². The van der Waals surface area contributed by atoms with Crippen LogP contribution in [0.25, 0.3) is 16.7 Å². The highest BCUT2D eigenvalue weighted by Gasteiger charge is 2.27. The van der Waals surface area contributed by atoms with Gasteiger partial charge >= 0.3 is 0 Å². The summed E-state index contributed by atoms with van der Waals surface area (Å²) in [6.07, 6.45) is 25.0. The van der Waals surface area contributed by atoms with E-state index in [1.54, 1.807) is 0 Å². The first-order valence-corrected chi connectivity index (χ1v) is 16.6. The molecule has 8 bridgehead atoms. The number of aryl methyl sites for hydroxylation is 1. The zero-order chi connectivity index (χ0) is 33.6. The van der Waals surface area contributed by atoms with Crippen molar-refractivity contribution in [2.24, 2.45) is 22.0 Å². The molecule has 2 aromatic carbocycles. The SMILES string of the molecule is CN1C=CC(=C2C3=NC(=C(c4cc[n+](C)cc4)C4=NC(=C(c5ccccc5)c5ccc(o5)C(c5ccccc5)=C5C=CC2=N5)C=C4)C=C3)C=C1. The van der Waals surface area contributed by atoms with Crippen molar-refractivity contribution in [1.82, 2.24) is 4.90 Å². The molecule has 238 valence electrons. The Bertz CT molecular complexity index is 2440. The Morgan fingerprint density at radius 3 is 1.42 bits per heavy atom. The van der Waals surface area contributed by atoms with E-state index >= 15 is 0 Å². The fraction of sp³-hybridized carbons (Fsp3) is 0.0455. The molecule has 0 radical (unpaired) electrons. The Morgan fingerprint density at radius 1 is 0.480 bits per heavy atom. The van der Waals surface area contributed by atoms with Gasteiger partial charge in [0.15, 0.2) is 12.4 Å². The van der Waals surface area contributed by atoms with Crippen LogP contribution < -0.4 is 4.57 Å². The number of hydrogen-bond donors (Lipinski definition) is 0. The monoisotopic (exact) mass is 646 g/mol. The van der Waals surface area contributed by atoms with Gasteiger partial charge in [-0.3, -0.25) is 0 Å². The molecule has 0 N–H and O–H groups in total. The van der Waals surface area contributed by atoms with Crippen molar-refractivity contribution in [3.63, 3.8) is 0 Å². The molecular formula is C44H32N5O+. The number of pyridine rings is 1. The number of allylic oxidation sites excluding steroid dienone is 11. The van der Waals surface area contributed by atoms with Gasteiger partial charge in [0.25, 0.3) is 0 Å². The van der Waals surface area contributed by atoms with Gasteiger partial charge in [0.2, 0.25) is 0 Å². The Labute approximate surface area is 290 Å². The minimum atomic E-state index is 0.731. The number of benzene rings is 2. The fourth-order valence-electron chi connectivity index (χ4n) is 6.76. The first-order valence-electron chi connectivity index (χ1n) is 16.6. The molecule has 9 rings (SSSR count). The molecule has 4 aromatic rings. The Balaban J connectivity index is 1.37. The van der Waals surface area contributed by atoms with E-state index in [9.17, 15) is 0 Å². The molecular weight excluding hydrogens is 615 g/mol. The van der Waals surface area contributed by atoms with Crippen molar-refractivity contribution in [1.29, 1.82) is 0 Å². The normalized spacial score (nSPS) is 17.8. The lowest BCUT2D eigenvalue weighted by molar-refractivity contribution is -0.671. The van der Waals surface area contributed by atoms with E-state index in [1.807, 2.05) is 72.1 Å². The van der Waals surface area contributed by atoms with Crippen LogP contribution in [-0.2, 0) is 7.05 Å². The molecule has 0 saturated heterocycles. The van der Waals surface area contributed by atoms with Gasteiger partial charge in [-0.05, 0) is 83.0 Å². The lowest BCUT2D eigenvalue weighted by Crippen LogP contribution is -2.26. The average Bonchev–Trinajstić information content (AvgIpc) is 3.98. The van der Waals surface area contributed by atoms with Gasteiger partial charge in [-0.15, -0.1) is 0 Å². The number of aromatic nitrogens is 1. The summed E-state index contributed by atoms with van der Waals surface area (Å²) in [5, 5.41) is 0. The predicted molar refractivity (Wildman–Crippen MR) is 201 cm³/mol. The summed E-state index contributed by atoms with van der Waals surface area (Å²) in [6.45, 7) is 0. The molecule has 5 aliphatic heterocycles. The first-order chi connectivity index (χ1) is 24.6. The summed E-state index contributed by atoms with van der Waals surface area (Å²) in [6, 6.07) is 29.0. The van der Waals surface area contributed by atoms with Gasteiger partial charge in [-0.2, -0.15) is 0 Å². The fourth-order valence-corrected chi connectivity index (χ4v) is 6.76. The Morgan fingerprint density at radius 2 is 0.920 bits per heavy atom. The highest BCUT2D eigenvalue weighted by Crippen LogP contribution is 2.39. The van der Waals surface area contributed by atoms with Crippen LogP contribution in [0.15, 0.2) is 206 Å². The second-order valence-corrected chi connectivity index (χ2v) is 12.5. The Hall–Kier alpha value is -6.66. The lowest BCUT2D eigenvalue weighted by atomic mass is 9.97. The number of aliphatic imine (C=N–C) groups is 3. The zero-order valence-corrected chi connectivity index (χ0v) is 27.7. The third kappa shape index (κ3) is 5.24. The van der Waals surface area contributed by atoms with E-state index in [4.69, 9.17) is 19.4 Å². The first kappa shape index (κ1) is 29.5. The highest BCUT2D eigenvalue weighted by molar-refractivity contribution is 6.36. The molecule has 6 heteroatoms. The van der Waals surface area contributed by atoms with Crippen LogP contribution in [0.3, 0.4) is 0 Å². The molecule has 0 unspecified atom stereocenters. The largest absolute Gasteiger partial charge is 0.456 e. The average molecular weight is 647 g/mol. The van der Waals surface area contributed by atoms with Crippen LogP contribution in [0.1, 0.15) is 28.2 Å². The van der Waals surface area contributed by atoms with Crippen molar-refractivity contribution in [3.8, 4) is 0 Å². The van der Waals surface area contributed by atoms with Crippen LogP contribution in [0.5, 0.6) is 0 Å². The van der Waals surface area contributed by atoms with Gasteiger partial charge < -0.3 is 9.32 Å². The van der Waals surface area contributed by atoms with Crippen molar-refractivity contribution in [2.75, 3.05) is 7.05 Å². The van der Waals surface area contributed by atoms with Gasteiger partial charge in [0, 0.05) is 42.7 Å². The standard InChI is InChI=1S/C44H32N5O/c1-48-25-21-31(22-26-48)41-33-13-14-34(45-33)42(32-23-27-49(2)28-24-32)36-16-18-38(47-36)44(30-11-7-4-8-12-30)40-20-19-39(50-40)43(29-9-5-3-6-10-29)37-17-15-35(41)46-37/h3-28H,1-2H3/q+1. The summed E-state index contributed by atoms with van der Waals surface area (Å²) in [7, 11) is 4.04. The van der Waals surface area contributed by atoms with Gasteiger partial charge in [0.1, 0.15) is 18.6 Å². The molecule has 0 fully saturated rings. The quantitative estimate of drug-likeness (QED) is 0.210. The highest BCUT2D eigenvalue weighted by atomic mass is 16.3. The van der Waals surface area contributed by atoms with Crippen molar-refractivity contribution < 1.29 is 8.98 Å². The molecule has 50 heavy (non-hydrogen) atoms. The summed E-state index contributed by atoms with van der Waals surface area (Å²) >= 11 is 0. The molecule has 0 spiro atoms. The second-order valence-electron chi connectivity index (χ2n) is 12.5. The van der Waals surface area contributed by atoms with Crippen molar-refractivity contribution in [2.45, 2.75) is 0 Å². The third-order valence-electron chi connectivity index (χ3n) is 9.21. The molecule has 0 atom stereocenters. The number of furan rings is 1. The predicted octanol–water partition coefficient (Wildman–Crippen LogP) is 8.35. The summed E-state index contributed by atoms with van der Waals surface area (Å²) in [4.78, 5) is 18.0. The minimum Gasteiger partial charge on any atom is -0.456 e. The molecule has 0 saturated carbocycles. The van der Waals surface area contributed by atoms with Crippen molar-refractivity contribution in [3.05, 3.63) is 215 Å². The summed E-state index contributed by atoms with van der Waals surface area (Å²) < 4.78 is 8.87. The van der Waals surface area contributed by atoms with E-state index in [2.05, 4.69) is 110 Å². The van der Waals surface area contributed by atoms with Crippen LogP contribution in [0.4, 0.5) is 0 Å². The maximum Gasteiger partial charge on any atom is 0.169 e. The van der Waals surface area contributed by atoms with Gasteiger partial charge in [-0.1, -0.05) is 60.7 Å². The van der Waals surface area contributed by atoms with E-state index in [0.29, 0.717) is 0 Å². The smallest absolute Gasteiger partial charge is 0.169 e. The van der Waals surface area contributed by atoms with Gasteiger partial charge in [-0.25, -0.2) is 19.5 Å². The lowest BCUT2D eigenvalue weighted by Gasteiger charge is -2.16. The van der Waals surface area contributed by atoms with Crippen LogP contribution >= 0.6 is 0 Å². The third-order valence-corrected chi connectivity index (χ3v) is 9.21. The Kier molecular flexibility index (Phi) is 7.13. The molecule has 6 nitrogen and oxygen atoms in total. The summed E-state index contributed by atoms with van der Waals surface area (Å²) in [5.41, 5.74) is 12.9. The molecule has 0 aliphatic carbocycles. The maximum absolute atomic E-state index is 6.84. The molecule has 5 aliphatic rings. The van der Waals surface area contributed by atoms with E-state index in [0.717, 1.165) is 90.3 Å². The molecule has 7 heterocycles. The number of fused-ring (bicyclic) bond motifs is 5. The zero-order valence-electron chi connectivity index (χ0n) is 27.7. The number of rotatable bonds is 3. The molecule has 2 aromatic heterocycles. The van der Waals surface area contributed by atoms with Crippen LogP contribution in [0.2, 0.25) is 0 Å². The summed E-state index contributed by atoms with van der Waals surface area (Å²) in [5.74, 6) is 1.46. The van der Waals surface area contributed by atoms with E-state index < -0.39 is 0 Å².